The van der Waals surface area contributed by atoms with Gasteiger partial charge in [0.25, 0.3) is 0 Å². The fraction of sp³-hybridized carbons (Fsp3) is 0.824. The van der Waals surface area contributed by atoms with E-state index < -0.39 is 0 Å². The van der Waals surface area contributed by atoms with Crippen LogP contribution in [0.3, 0.4) is 0 Å². The van der Waals surface area contributed by atoms with Gasteiger partial charge in [-0.2, -0.15) is 5.10 Å². The summed E-state index contributed by atoms with van der Waals surface area (Å²) in [7, 11) is 2.01. The summed E-state index contributed by atoms with van der Waals surface area (Å²) in [5, 5.41) is 8.06. The molecule has 2 aliphatic rings. The van der Waals surface area contributed by atoms with Crippen LogP contribution >= 0.6 is 0 Å². The highest BCUT2D eigenvalue weighted by Gasteiger charge is 2.53. The highest BCUT2D eigenvalue weighted by molar-refractivity contribution is 5.09. The summed E-state index contributed by atoms with van der Waals surface area (Å²) in [5.41, 5.74) is 2.16. The van der Waals surface area contributed by atoms with Crippen molar-refractivity contribution in [2.75, 3.05) is 6.54 Å². The van der Waals surface area contributed by atoms with Crippen LogP contribution < -0.4 is 5.32 Å². The quantitative estimate of drug-likeness (QED) is 0.894. The lowest BCUT2D eigenvalue weighted by atomic mass is 9.77. The molecule has 0 aromatic carbocycles. The second-order valence-corrected chi connectivity index (χ2v) is 8.29. The molecule has 1 heterocycles. The third-order valence-electron chi connectivity index (χ3n) is 5.16. The number of aryl methyl sites for hydroxylation is 2. The Labute approximate surface area is 123 Å². The van der Waals surface area contributed by atoms with Crippen LogP contribution in [-0.4, -0.2) is 21.9 Å². The summed E-state index contributed by atoms with van der Waals surface area (Å²) < 4.78 is 1.92. The van der Waals surface area contributed by atoms with Gasteiger partial charge in [-0.15, -0.1) is 0 Å². The molecule has 0 spiro atoms. The average molecular weight is 275 g/mol. The van der Waals surface area contributed by atoms with Crippen molar-refractivity contribution in [2.24, 2.45) is 24.3 Å². The zero-order valence-corrected chi connectivity index (χ0v) is 13.4. The molecule has 1 N–H and O–H groups in total. The van der Waals surface area contributed by atoms with Crippen LogP contribution in [-0.2, 0) is 13.5 Å². The molecule has 3 rings (SSSR count). The Bertz CT molecular complexity index is 459. The zero-order valence-electron chi connectivity index (χ0n) is 13.4. The van der Waals surface area contributed by atoms with Crippen LogP contribution in [0, 0.1) is 17.3 Å². The molecule has 112 valence electrons. The van der Waals surface area contributed by atoms with E-state index in [0.29, 0.717) is 5.41 Å². The van der Waals surface area contributed by atoms with Crippen molar-refractivity contribution >= 4 is 0 Å². The number of fused-ring (bicyclic) bond motifs is 1. The molecular weight excluding hydrogens is 246 g/mol. The molecule has 0 aliphatic heterocycles. The number of aromatic nitrogens is 2. The molecule has 2 unspecified atom stereocenters. The Morgan fingerprint density at radius 1 is 1.35 bits per heavy atom. The van der Waals surface area contributed by atoms with E-state index in [-0.39, 0.29) is 5.54 Å². The molecule has 1 aromatic heterocycles. The van der Waals surface area contributed by atoms with Crippen LogP contribution in [0.2, 0.25) is 0 Å². The molecule has 2 aliphatic carbocycles. The van der Waals surface area contributed by atoms with Crippen molar-refractivity contribution in [3.63, 3.8) is 0 Å². The monoisotopic (exact) mass is 275 g/mol. The van der Waals surface area contributed by atoms with Crippen LogP contribution in [0.4, 0.5) is 0 Å². The summed E-state index contributed by atoms with van der Waals surface area (Å²) in [6.45, 7) is 8.01. The lowest BCUT2D eigenvalue weighted by Crippen LogP contribution is -2.43. The first-order chi connectivity index (χ1) is 9.35. The second kappa shape index (κ2) is 4.87. The lowest BCUT2D eigenvalue weighted by Gasteiger charge is -2.35. The lowest BCUT2D eigenvalue weighted by molar-refractivity contribution is 0.207. The Hall–Kier alpha value is -0.830. The summed E-state index contributed by atoms with van der Waals surface area (Å²) >= 11 is 0. The number of nitrogens with zero attached hydrogens (tertiary/aromatic N) is 2. The van der Waals surface area contributed by atoms with Gasteiger partial charge < -0.3 is 5.32 Å². The Morgan fingerprint density at radius 2 is 2.05 bits per heavy atom. The molecule has 2 atom stereocenters. The van der Waals surface area contributed by atoms with Gasteiger partial charge in [-0.1, -0.05) is 0 Å². The van der Waals surface area contributed by atoms with Gasteiger partial charge in [-0.05, 0) is 75.7 Å². The van der Waals surface area contributed by atoms with Gasteiger partial charge in [-0.25, -0.2) is 0 Å². The third kappa shape index (κ3) is 3.25. The maximum Gasteiger partial charge on any atom is 0.0521 e. The maximum absolute atomic E-state index is 4.29. The molecule has 1 aromatic rings. The minimum atomic E-state index is 0.230. The van der Waals surface area contributed by atoms with Gasteiger partial charge in [-0.3, -0.25) is 4.68 Å². The van der Waals surface area contributed by atoms with Gasteiger partial charge in [0, 0.05) is 25.3 Å². The van der Waals surface area contributed by atoms with Crippen molar-refractivity contribution in [2.45, 2.75) is 58.4 Å². The minimum Gasteiger partial charge on any atom is -0.312 e. The summed E-state index contributed by atoms with van der Waals surface area (Å²) in [5.74, 6) is 2.09. The molecule has 3 nitrogen and oxygen atoms in total. The SMILES string of the molecule is Cn1cc(CCC2(CNC(C)(C)C)CC3CC3C2)cn1. The van der Waals surface area contributed by atoms with Gasteiger partial charge in [0.2, 0.25) is 0 Å². The molecule has 0 bridgehead atoms. The first kappa shape index (κ1) is 14.1. The van der Waals surface area contributed by atoms with Crippen molar-refractivity contribution in [1.29, 1.82) is 0 Å². The van der Waals surface area contributed by atoms with Crippen molar-refractivity contribution in [3.8, 4) is 0 Å². The zero-order chi connectivity index (χ0) is 14.4. The van der Waals surface area contributed by atoms with E-state index in [2.05, 4.69) is 37.4 Å². The predicted octanol–water partition coefficient (Wildman–Crippen LogP) is 3.16. The van der Waals surface area contributed by atoms with E-state index in [0.717, 1.165) is 11.8 Å². The molecule has 0 amide bonds. The Kier molecular flexibility index (Phi) is 3.44. The van der Waals surface area contributed by atoms with E-state index in [1.807, 2.05) is 17.9 Å². The number of nitrogens with one attached hydrogen (secondary N) is 1. The van der Waals surface area contributed by atoms with Crippen LogP contribution in [0.1, 0.15) is 52.0 Å². The molecule has 3 heteroatoms. The number of hydrogen-bond donors (Lipinski definition) is 1. The normalized spacial score (nSPS) is 32.4. The molecule has 2 fully saturated rings. The topological polar surface area (TPSA) is 29.9 Å². The summed E-state index contributed by atoms with van der Waals surface area (Å²) in [4.78, 5) is 0. The van der Waals surface area contributed by atoms with Crippen molar-refractivity contribution in [3.05, 3.63) is 18.0 Å². The molecule has 0 radical (unpaired) electrons. The molecule has 2 saturated carbocycles. The third-order valence-corrected chi connectivity index (χ3v) is 5.16. The Balaban J connectivity index is 1.61. The van der Waals surface area contributed by atoms with Crippen molar-refractivity contribution < 1.29 is 0 Å². The van der Waals surface area contributed by atoms with Crippen molar-refractivity contribution in [1.82, 2.24) is 15.1 Å². The largest absolute Gasteiger partial charge is 0.312 e. The number of rotatable bonds is 5. The number of hydrogen-bond acceptors (Lipinski definition) is 2. The van der Waals surface area contributed by atoms with E-state index in [1.165, 1.54) is 44.2 Å². The van der Waals surface area contributed by atoms with Crippen LogP contribution in [0.15, 0.2) is 12.4 Å². The fourth-order valence-corrected chi connectivity index (χ4v) is 3.91. The summed E-state index contributed by atoms with van der Waals surface area (Å²) in [6, 6.07) is 0. The van der Waals surface area contributed by atoms with Gasteiger partial charge in [0.1, 0.15) is 0 Å². The van der Waals surface area contributed by atoms with E-state index >= 15 is 0 Å². The molecule has 0 saturated heterocycles. The highest BCUT2D eigenvalue weighted by atomic mass is 15.2. The summed E-state index contributed by atoms with van der Waals surface area (Å²) in [6.07, 6.45) is 11.1. The van der Waals surface area contributed by atoms with E-state index in [9.17, 15) is 0 Å². The first-order valence-corrected chi connectivity index (χ1v) is 8.08. The van der Waals surface area contributed by atoms with E-state index in [4.69, 9.17) is 0 Å². The maximum atomic E-state index is 4.29. The highest BCUT2D eigenvalue weighted by Crippen LogP contribution is 2.61. The van der Waals surface area contributed by atoms with Gasteiger partial charge in [0.15, 0.2) is 0 Å². The average Bonchev–Trinajstić information content (AvgIpc) is 2.80. The second-order valence-electron chi connectivity index (χ2n) is 8.29. The minimum absolute atomic E-state index is 0.230. The predicted molar refractivity (Wildman–Crippen MR) is 82.5 cm³/mol. The Morgan fingerprint density at radius 3 is 2.60 bits per heavy atom. The first-order valence-electron chi connectivity index (χ1n) is 8.08. The van der Waals surface area contributed by atoms with Gasteiger partial charge in [0.05, 0.1) is 6.20 Å². The molecule has 20 heavy (non-hydrogen) atoms. The smallest absolute Gasteiger partial charge is 0.0521 e. The van der Waals surface area contributed by atoms with E-state index in [1.54, 1.807) is 0 Å². The van der Waals surface area contributed by atoms with Crippen LogP contribution in [0.25, 0.3) is 0 Å². The standard InChI is InChI=1S/C17H29N3/c1-16(2,3)18-12-17(8-14-7-15(14)9-17)6-5-13-10-19-20(4)11-13/h10-11,14-15,18H,5-9,12H2,1-4H3. The molecular formula is C17H29N3. The van der Waals surface area contributed by atoms with Gasteiger partial charge >= 0.3 is 0 Å². The fourth-order valence-electron chi connectivity index (χ4n) is 3.91. The van der Waals surface area contributed by atoms with Crippen LogP contribution in [0.5, 0.6) is 0 Å².